The summed E-state index contributed by atoms with van der Waals surface area (Å²) >= 11 is 12.0. The monoisotopic (exact) mass is 496 g/mol. The topological polar surface area (TPSA) is 66.9 Å². The number of anilines is 1. The fourth-order valence-electron chi connectivity index (χ4n) is 3.86. The third kappa shape index (κ3) is 5.58. The molecule has 4 rings (SSSR count). The lowest BCUT2D eigenvalue weighted by Crippen LogP contribution is -2.48. The van der Waals surface area contributed by atoms with Crippen LogP contribution in [-0.2, 0) is 20.8 Å². The lowest BCUT2D eigenvalue weighted by Gasteiger charge is -2.28. The molecule has 0 spiro atoms. The SMILES string of the molecule is O=C1CC(N(CCc2cccc(Cl)c2)C(=O)COc2ccccc2)C(=O)N1c1ccc(Cl)cc1. The minimum atomic E-state index is -0.922. The summed E-state index contributed by atoms with van der Waals surface area (Å²) in [6.45, 7) is -0.0199. The second-order valence-corrected chi connectivity index (χ2v) is 8.71. The van der Waals surface area contributed by atoms with Gasteiger partial charge in [0.05, 0.1) is 12.1 Å². The van der Waals surface area contributed by atoms with Gasteiger partial charge in [-0.25, -0.2) is 4.90 Å². The van der Waals surface area contributed by atoms with Crippen molar-refractivity contribution >= 4 is 46.6 Å². The highest BCUT2D eigenvalue weighted by Crippen LogP contribution is 2.27. The quantitative estimate of drug-likeness (QED) is 0.421. The van der Waals surface area contributed by atoms with Crippen LogP contribution in [0.2, 0.25) is 10.0 Å². The number of rotatable bonds is 8. The van der Waals surface area contributed by atoms with Crippen LogP contribution in [0, 0.1) is 0 Å². The maximum Gasteiger partial charge on any atom is 0.261 e. The van der Waals surface area contributed by atoms with Crippen molar-refractivity contribution in [2.24, 2.45) is 0 Å². The summed E-state index contributed by atoms with van der Waals surface area (Å²) in [7, 11) is 0. The van der Waals surface area contributed by atoms with Crippen LogP contribution >= 0.6 is 23.2 Å². The summed E-state index contributed by atoms with van der Waals surface area (Å²) in [4.78, 5) is 41.8. The van der Waals surface area contributed by atoms with Crippen LogP contribution in [0.25, 0.3) is 0 Å². The molecule has 1 heterocycles. The maximum absolute atomic E-state index is 13.3. The average Bonchev–Trinajstić information content (AvgIpc) is 3.13. The summed E-state index contributed by atoms with van der Waals surface area (Å²) in [5, 5.41) is 1.08. The zero-order valence-electron chi connectivity index (χ0n) is 18.2. The molecule has 3 aromatic rings. The van der Waals surface area contributed by atoms with Crippen molar-refractivity contribution in [3.05, 3.63) is 94.5 Å². The van der Waals surface area contributed by atoms with Crippen LogP contribution in [0.1, 0.15) is 12.0 Å². The second-order valence-electron chi connectivity index (χ2n) is 7.83. The van der Waals surface area contributed by atoms with Crippen LogP contribution in [0.3, 0.4) is 0 Å². The van der Waals surface area contributed by atoms with Gasteiger partial charge in [-0.05, 0) is 60.5 Å². The highest BCUT2D eigenvalue weighted by atomic mass is 35.5. The van der Waals surface area contributed by atoms with Crippen LogP contribution in [0.4, 0.5) is 5.69 Å². The van der Waals surface area contributed by atoms with E-state index in [1.54, 1.807) is 54.6 Å². The largest absolute Gasteiger partial charge is 0.484 e. The number of halogens is 2. The number of para-hydroxylation sites is 1. The molecule has 1 saturated heterocycles. The highest BCUT2D eigenvalue weighted by molar-refractivity contribution is 6.31. The van der Waals surface area contributed by atoms with Gasteiger partial charge in [-0.1, -0.05) is 53.5 Å². The molecule has 6 nitrogen and oxygen atoms in total. The molecule has 1 atom stereocenters. The van der Waals surface area contributed by atoms with Gasteiger partial charge >= 0.3 is 0 Å². The third-order valence-electron chi connectivity index (χ3n) is 5.54. The molecule has 3 aromatic carbocycles. The van der Waals surface area contributed by atoms with E-state index in [1.807, 2.05) is 24.3 Å². The Balaban J connectivity index is 1.54. The van der Waals surface area contributed by atoms with Gasteiger partial charge in [-0.3, -0.25) is 14.4 Å². The number of carbonyl (C=O) groups is 3. The van der Waals surface area contributed by atoms with Crippen molar-refractivity contribution in [1.29, 1.82) is 0 Å². The number of amides is 3. The molecule has 1 fully saturated rings. The number of hydrogen-bond acceptors (Lipinski definition) is 4. The Morgan fingerprint density at radius 1 is 0.941 bits per heavy atom. The summed E-state index contributed by atoms with van der Waals surface area (Å²) in [6.07, 6.45) is 0.366. The molecule has 1 aliphatic heterocycles. The number of hydrogen-bond donors (Lipinski definition) is 0. The number of imide groups is 1. The second kappa shape index (κ2) is 10.7. The molecule has 1 aliphatic rings. The summed E-state index contributed by atoms with van der Waals surface area (Å²) < 4.78 is 5.63. The van der Waals surface area contributed by atoms with E-state index in [-0.39, 0.29) is 31.4 Å². The average molecular weight is 497 g/mol. The van der Waals surface area contributed by atoms with E-state index in [2.05, 4.69) is 0 Å². The molecule has 0 bridgehead atoms. The highest BCUT2D eigenvalue weighted by Gasteiger charge is 2.44. The fourth-order valence-corrected chi connectivity index (χ4v) is 4.20. The van der Waals surface area contributed by atoms with Gasteiger partial charge in [-0.15, -0.1) is 0 Å². The smallest absolute Gasteiger partial charge is 0.261 e. The van der Waals surface area contributed by atoms with Gasteiger partial charge in [-0.2, -0.15) is 0 Å². The standard InChI is InChI=1S/C26H22Cl2N2O4/c27-19-9-11-21(12-10-19)30-24(31)16-23(26(30)33)29(14-13-18-5-4-6-20(28)15-18)25(32)17-34-22-7-2-1-3-8-22/h1-12,15,23H,13-14,16-17H2. The fraction of sp³-hybridized carbons (Fsp3) is 0.192. The molecule has 174 valence electrons. The van der Waals surface area contributed by atoms with E-state index in [0.717, 1.165) is 10.5 Å². The van der Waals surface area contributed by atoms with Crippen LogP contribution in [0.5, 0.6) is 5.75 Å². The van der Waals surface area contributed by atoms with Crippen molar-refractivity contribution in [3.8, 4) is 5.75 Å². The minimum Gasteiger partial charge on any atom is -0.484 e. The van der Waals surface area contributed by atoms with Gasteiger partial charge in [0.1, 0.15) is 11.8 Å². The first kappa shape index (κ1) is 23.8. The molecule has 0 N–H and O–H groups in total. The zero-order chi connectivity index (χ0) is 24.1. The van der Waals surface area contributed by atoms with E-state index in [9.17, 15) is 14.4 Å². The molecule has 8 heteroatoms. The first-order chi connectivity index (χ1) is 16.4. The van der Waals surface area contributed by atoms with Crippen molar-refractivity contribution in [2.45, 2.75) is 18.9 Å². The van der Waals surface area contributed by atoms with Crippen molar-refractivity contribution < 1.29 is 19.1 Å². The van der Waals surface area contributed by atoms with E-state index < -0.39 is 11.9 Å². The molecule has 0 saturated carbocycles. The summed E-state index contributed by atoms with van der Waals surface area (Å²) in [5.41, 5.74) is 1.34. The molecule has 34 heavy (non-hydrogen) atoms. The van der Waals surface area contributed by atoms with Crippen LogP contribution in [-0.4, -0.2) is 41.8 Å². The van der Waals surface area contributed by atoms with E-state index >= 15 is 0 Å². The van der Waals surface area contributed by atoms with Crippen molar-refractivity contribution in [2.75, 3.05) is 18.1 Å². The maximum atomic E-state index is 13.3. The van der Waals surface area contributed by atoms with E-state index in [0.29, 0.717) is 27.9 Å². The van der Waals surface area contributed by atoms with Crippen LogP contribution in [0.15, 0.2) is 78.9 Å². The van der Waals surface area contributed by atoms with Gasteiger partial charge < -0.3 is 9.64 Å². The number of nitrogens with zero attached hydrogens (tertiary/aromatic N) is 2. The Labute approximate surface area is 207 Å². The molecule has 0 aliphatic carbocycles. The first-order valence-corrected chi connectivity index (χ1v) is 11.5. The van der Waals surface area contributed by atoms with Crippen molar-refractivity contribution in [3.63, 3.8) is 0 Å². The lowest BCUT2D eigenvalue weighted by molar-refractivity contribution is -0.140. The Morgan fingerprint density at radius 3 is 2.38 bits per heavy atom. The number of benzene rings is 3. The van der Waals surface area contributed by atoms with Crippen LogP contribution < -0.4 is 9.64 Å². The predicted molar refractivity (Wildman–Crippen MR) is 131 cm³/mol. The molecule has 1 unspecified atom stereocenters. The normalized spacial score (nSPS) is 15.5. The van der Waals surface area contributed by atoms with E-state index in [1.165, 1.54) is 4.90 Å². The molecule has 3 amide bonds. The van der Waals surface area contributed by atoms with E-state index in [4.69, 9.17) is 27.9 Å². The number of carbonyl (C=O) groups excluding carboxylic acids is 3. The molecule has 0 radical (unpaired) electrons. The summed E-state index contributed by atoms with van der Waals surface area (Å²) in [6, 6.07) is 21.8. The third-order valence-corrected chi connectivity index (χ3v) is 6.03. The van der Waals surface area contributed by atoms with Gasteiger partial charge in [0, 0.05) is 16.6 Å². The lowest BCUT2D eigenvalue weighted by atomic mass is 10.1. The Hall–Kier alpha value is -3.35. The van der Waals surface area contributed by atoms with Crippen molar-refractivity contribution in [1.82, 2.24) is 4.90 Å². The zero-order valence-corrected chi connectivity index (χ0v) is 19.7. The Kier molecular flexibility index (Phi) is 7.50. The van der Waals surface area contributed by atoms with Gasteiger partial charge in [0.15, 0.2) is 6.61 Å². The molecule has 0 aromatic heterocycles. The minimum absolute atomic E-state index is 0.103. The van der Waals surface area contributed by atoms with Gasteiger partial charge in [0.2, 0.25) is 5.91 Å². The predicted octanol–water partition coefficient (Wildman–Crippen LogP) is 4.78. The molecular weight excluding hydrogens is 475 g/mol. The number of ether oxygens (including phenoxy) is 1. The first-order valence-electron chi connectivity index (χ1n) is 10.8. The Morgan fingerprint density at radius 2 is 1.68 bits per heavy atom. The molecular formula is C26H22Cl2N2O4. The Bertz CT molecular complexity index is 1180. The van der Waals surface area contributed by atoms with Gasteiger partial charge in [0.25, 0.3) is 11.8 Å². The summed E-state index contributed by atoms with van der Waals surface area (Å²) in [5.74, 6) is -0.662.